The number of unbranched alkanes of at least 4 members (excludes halogenated alkanes) is 5. The lowest BCUT2D eigenvalue weighted by atomic mass is 9.97. The molecule has 0 aliphatic heterocycles. The van der Waals surface area contributed by atoms with Gasteiger partial charge >= 0.3 is 0 Å². The number of nitrogens with two attached hydrogens (primary N) is 2. The summed E-state index contributed by atoms with van der Waals surface area (Å²) in [6.07, 6.45) is 10.6. The second-order valence-corrected chi connectivity index (χ2v) is 5.42. The highest BCUT2D eigenvalue weighted by Crippen LogP contribution is 2.14. The SMILES string of the molecule is CNCCCCCCCCC(N)(N)CCCNC. The summed E-state index contributed by atoms with van der Waals surface area (Å²) in [6.45, 7) is 2.14. The van der Waals surface area contributed by atoms with E-state index in [2.05, 4.69) is 10.6 Å². The molecule has 4 heteroatoms. The third-order valence-corrected chi connectivity index (χ3v) is 3.39. The van der Waals surface area contributed by atoms with Gasteiger partial charge in [0, 0.05) is 0 Å². The van der Waals surface area contributed by atoms with E-state index < -0.39 is 5.66 Å². The van der Waals surface area contributed by atoms with Crippen LogP contribution in [0.25, 0.3) is 0 Å². The van der Waals surface area contributed by atoms with E-state index in [1.165, 1.54) is 38.5 Å². The zero-order valence-corrected chi connectivity index (χ0v) is 12.4. The van der Waals surface area contributed by atoms with Crippen molar-refractivity contribution in [2.45, 2.75) is 63.5 Å². The molecule has 0 aliphatic rings. The number of rotatable bonds is 13. The highest BCUT2D eigenvalue weighted by molar-refractivity contribution is 4.76. The zero-order chi connectivity index (χ0) is 13.7. The highest BCUT2D eigenvalue weighted by Gasteiger charge is 2.17. The van der Waals surface area contributed by atoms with Crippen LogP contribution in [0, 0.1) is 0 Å². The summed E-state index contributed by atoms with van der Waals surface area (Å²) in [5.74, 6) is 0. The molecule has 0 amide bonds. The minimum Gasteiger partial charge on any atom is -0.320 e. The van der Waals surface area contributed by atoms with Crippen LogP contribution < -0.4 is 22.1 Å². The molecule has 0 aromatic carbocycles. The topological polar surface area (TPSA) is 76.1 Å². The molecule has 0 aliphatic carbocycles. The molecule has 0 heterocycles. The maximum Gasteiger partial charge on any atom is 0.0637 e. The van der Waals surface area contributed by atoms with Crippen molar-refractivity contribution in [2.75, 3.05) is 27.2 Å². The smallest absolute Gasteiger partial charge is 0.0637 e. The summed E-state index contributed by atoms with van der Waals surface area (Å²) in [6, 6.07) is 0. The maximum absolute atomic E-state index is 6.08. The minimum absolute atomic E-state index is 0.455. The van der Waals surface area contributed by atoms with Gasteiger partial charge in [-0.05, 0) is 52.9 Å². The van der Waals surface area contributed by atoms with Crippen LogP contribution in [0.4, 0.5) is 0 Å². The van der Waals surface area contributed by atoms with Crippen LogP contribution in [0.3, 0.4) is 0 Å². The molecule has 0 aromatic rings. The third kappa shape index (κ3) is 12.3. The monoisotopic (exact) mass is 258 g/mol. The Morgan fingerprint density at radius 3 is 1.72 bits per heavy atom. The summed E-state index contributed by atoms with van der Waals surface area (Å²) in [5, 5.41) is 6.30. The molecular formula is C14H34N4. The zero-order valence-electron chi connectivity index (χ0n) is 12.4. The summed E-state index contributed by atoms with van der Waals surface area (Å²) in [5.41, 5.74) is 11.7. The molecule has 0 radical (unpaired) electrons. The lowest BCUT2D eigenvalue weighted by molar-refractivity contribution is 0.350. The first-order valence-corrected chi connectivity index (χ1v) is 7.49. The van der Waals surface area contributed by atoms with E-state index in [0.29, 0.717) is 0 Å². The molecule has 0 spiro atoms. The molecule has 18 heavy (non-hydrogen) atoms. The lowest BCUT2D eigenvalue weighted by Crippen LogP contribution is -2.49. The molecule has 6 N–H and O–H groups in total. The van der Waals surface area contributed by atoms with Gasteiger partial charge in [0.25, 0.3) is 0 Å². The molecule has 0 atom stereocenters. The Morgan fingerprint density at radius 1 is 0.667 bits per heavy atom. The first kappa shape index (κ1) is 17.8. The summed E-state index contributed by atoms with van der Waals surface area (Å²) < 4.78 is 0. The molecule has 0 rings (SSSR count). The molecule has 0 saturated carbocycles. The molecule has 4 nitrogen and oxygen atoms in total. The fourth-order valence-electron chi connectivity index (χ4n) is 2.18. The van der Waals surface area contributed by atoms with Gasteiger partial charge in [-0.25, -0.2) is 0 Å². The first-order valence-electron chi connectivity index (χ1n) is 7.49. The van der Waals surface area contributed by atoms with E-state index in [4.69, 9.17) is 11.5 Å². The standard InChI is InChI=1S/C14H34N4/c1-17-12-8-6-4-3-5-7-10-14(15,16)11-9-13-18-2/h17-18H,3-13,15-16H2,1-2H3. The number of hydrogen-bond donors (Lipinski definition) is 4. The Morgan fingerprint density at radius 2 is 1.11 bits per heavy atom. The first-order chi connectivity index (χ1) is 8.62. The largest absolute Gasteiger partial charge is 0.320 e. The van der Waals surface area contributed by atoms with Gasteiger partial charge in [0.1, 0.15) is 0 Å². The minimum atomic E-state index is -0.455. The van der Waals surface area contributed by atoms with Crippen LogP contribution in [0.1, 0.15) is 57.8 Å². The van der Waals surface area contributed by atoms with Crippen LogP contribution in [-0.4, -0.2) is 32.8 Å². The number of hydrogen-bond acceptors (Lipinski definition) is 4. The molecule has 0 bridgehead atoms. The van der Waals surface area contributed by atoms with Crippen molar-refractivity contribution in [3.63, 3.8) is 0 Å². The fourth-order valence-corrected chi connectivity index (χ4v) is 2.18. The number of nitrogens with one attached hydrogen (secondary N) is 2. The third-order valence-electron chi connectivity index (χ3n) is 3.39. The Bertz CT molecular complexity index is 171. The van der Waals surface area contributed by atoms with Crippen molar-refractivity contribution in [1.29, 1.82) is 0 Å². The maximum atomic E-state index is 6.08. The highest BCUT2D eigenvalue weighted by atomic mass is 14.9. The van der Waals surface area contributed by atoms with Gasteiger partial charge in [-0.1, -0.05) is 32.1 Å². The average Bonchev–Trinajstić information content (AvgIpc) is 2.33. The quantitative estimate of drug-likeness (QED) is 0.299. The van der Waals surface area contributed by atoms with Crippen LogP contribution >= 0.6 is 0 Å². The van der Waals surface area contributed by atoms with Gasteiger partial charge in [0.15, 0.2) is 0 Å². The average molecular weight is 258 g/mol. The van der Waals surface area contributed by atoms with Crippen molar-refractivity contribution in [3.05, 3.63) is 0 Å². The van der Waals surface area contributed by atoms with E-state index >= 15 is 0 Å². The molecule has 0 fully saturated rings. The van der Waals surface area contributed by atoms with Crippen LogP contribution in [0.5, 0.6) is 0 Å². The summed E-state index contributed by atoms with van der Waals surface area (Å²) in [7, 11) is 3.97. The van der Waals surface area contributed by atoms with Gasteiger partial charge in [-0.15, -0.1) is 0 Å². The van der Waals surface area contributed by atoms with E-state index in [1.807, 2.05) is 14.1 Å². The predicted molar refractivity (Wildman–Crippen MR) is 80.5 cm³/mol. The predicted octanol–water partition coefficient (Wildman–Crippen LogP) is 1.55. The second-order valence-electron chi connectivity index (χ2n) is 5.42. The molecule has 0 aromatic heterocycles. The molecular weight excluding hydrogens is 224 g/mol. The van der Waals surface area contributed by atoms with E-state index in [0.717, 1.165) is 32.4 Å². The Balaban J connectivity index is 3.30. The van der Waals surface area contributed by atoms with Crippen LogP contribution in [0.2, 0.25) is 0 Å². The lowest BCUT2D eigenvalue weighted by Gasteiger charge is -2.24. The Kier molecular flexibility index (Phi) is 11.8. The van der Waals surface area contributed by atoms with Crippen molar-refractivity contribution >= 4 is 0 Å². The van der Waals surface area contributed by atoms with Gasteiger partial charge < -0.3 is 22.1 Å². The van der Waals surface area contributed by atoms with E-state index in [9.17, 15) is 0 Å². The second kappa shape index (κ2) is 11.9. The Labute approximate surface area is 113 Å². The fraction of sp³-hybridized carbons (Fsp3) is 1.00. The summed E-state index contributed by atoms with van der Waals surface area (Å²) >= 11 is 0. The normalized spacial score (nSPS) is 12.0. The van der Waals surface area contributed by atoms with Gasteiger partial charge in [-0.3, -0.25) is 0 Å². The molecule has 0 saturated heterocycles. The van der Waals surface area contributed by atoms with E-state index in [-0.39, 0.29) is 0 Å². The Hall–Kier alpha value is -0.160. The van der Waals surface area contributed by atoms with Crippen molar-refractivity contribution in [1.82, 2.24) is 10.6 Å². The van der Waals surface area contributed by atoms with Gasteiger partial charge in [-0.2, -0.15) is 0 Å². The van der Waals surface area contributed by atoms with Crippen LogP contribution in [0.15, 0.2) is 0 Å². The van der Waals surface area contributed by atoms with E-state index in [1.54, 1.807) is 0 Å². The molecule has 0 unspecified atom stereocenters. The van der Waals surface area contributed by atoms with Crippen molar-refractivity contribution in [2.24, 2.45) is 11.5 Å². The van der Waals surface area contributed by atoms with Crippen molar-refractivity contribution < 1.29 is 0 Å². The summed E-state index contributed by atoms with van der Waals surface area (Å²) in [4.78, 5) is 0. The van der Waals surface area contributed by atoms with Crippen molar-refractivity contribution in [3.8, 4) is 0 Å². The molecule has 110 valence electrons. The van der Waals surface area contributed by atoms with Crippen LogP contribution in [-0.2, 0) is 0 Å². The van der Waals surface area contributed by atoms with Gasteiger partial charge in [0.05, 0.1) is 5.66 Å². The van der Waals surface area contributed by atoms with Gasteiger partial charge in [0.2, 0.25) is 0 Å².